The standard InChI is InChI=1S/C16H20N4O4.C2H6O/c1-2-5-9-12(8-6-3-4-7-10(8)21)20-24-13(9)14-18-15(22)11(17)16(23)19-14;1-3-2/h8H,2-7,17H2,1H3,(H2,18,19,22,23);1-2H3/t8-;/m0./s1. The molecule has 27 heavy (non-hydrogen) atoms. The Morgan fingerprint density at radius 2 is 2.04 bits per heavy atom. The molecule has 1 aliphatic rings. The normalized spacial score (nSPS) is 16.7. The summed E-state index contributed by atoms with van der Waals surface area (Å²) >= 11 is 0. The van der Waals surface area contributed by atoms with Gasteiger partial charge in [-0.25, -0.2) is 0 Å². The van der Waals surface area contributed by atoms with Crippen molar-refractivity contribution in [3.8, 4) is 17.5 Å². The second-order valence-electron chi connectivity index (χ2n) is 6.45. The number of nitrogens with one attached hydrogen (secondary N) is 1. The highest BCUT2D eigenvalue weighted by Gasteiger charge is 2.31. The number of rotatable bonds is 4. The fraction of sp³-hybridized carbons (Fsp3) is 0.556. The van der Waals surface area contributed by atoms with Crippen molar-refractivity contribution in [2.24, 2.45) is 0 Å². The first kappa shape index (κ1) is 20.6. The molecule has 3 rings (SSSR count). The van der Waals surface area contributed by atoms with Crippen molar-refractivity contribution in [3.63, 3.8) is 0 Å². The smallest absolute Gasteiger partial charge is 0.278 e. The van der Waals surface area contributed by atoms with Crippen LogP contribution >= 0.6 is 0 Å². The number of carbonyl (C=O) groups excluding carboxylic acids is 1. The molecule has 0 unspecified atom stereocenters. The third-order valence-corrected chi connectivity index (χ3v) is 4.35. The first-order chi connectivity index (χ1) is 12.9. The maximum Gasteiger partial charge on any atom is 0.278 e. The van der Waals surface area contributed by atoms with Crippen LogP contribution in [-0.2, 0) is 16.0 Å². The summed E-state index contributed by atoms with van der Waals surface area (Å²) in [7, 11) is 3.25. The van der Waals surface area contributed by atoms with E-state index in [2.05, 4.69) is 19.9 Å². The average Bonchev–Trinajstić information content (AvgIpc) is 3.04. The second-order valence-corrected chi connectivity index (χ2v) is 6.45. The average molecular weight is 378 g/mol. The number of anilines is 1. The number of methoxy groups -OCH3 is 1. The van der Waals surface area contributed by atoms with Crippen LogP contribution in [0, 0.1) is 0 Å². The van der Waals surface area contributed by atoms with E-state index in [0.29, 0.717) is 18.5 Å². The molecule has 0 radical (unpaired) electrons. The van der Waals surface area contributed by atoms with E-state index in [4.69, 9.17) is 10.3 Å². The van der Waals surface area contributed by atoms with Crippen LogP contribution in [0.1, 0.15) is 56.2 Å². The van der Waals surface area contributed by atoms with Crippen molar-refractivity contribution in [2.45, 2.75) is 51.4 Å². The van der Waals surface area contributed by atoms with Gasteiger partial charge in [0.05, 0.1) is 11.6 Å². The van der Waals surface area contributed by atoms with Gasteiger partial charge in [-0.05, 0) is 19.3 Å². The van der Waals surface area contributed by atoms with E-state index >= 15 is 0 Å². The SMILES string of the molecule is CCCc1c([C@H]2CCCCC2=O)noc1-c1nc(O)c(N)c(=O)[nH]1.COC. The fourth-order valence-electron chi connectivity index (χ4n) is 3.12. The summed E-state index contributed by atoms with van der Waals surface area (Å²) in [5, 5.41) is 13.8. The van der Waals surface area contributed by atoms with Gasteiger partial charge in [0, 0.05) is 26.2 Å². The molecule has 0 saturated heterocycles. The number of nitrogen functional groups attached to an aromatic ring is 1. The first-order valence-corrected chi connectivity index (χ1v) is 8.94. The van der Waals surface area contributed by atoms with Gasteiger partial charge in [-0.15, -0.1) is 0 Å². The Kier molecular flexibility index (Phi) is 7.12. The summed E-state index contributed by atoms with van der Waals surface area (Å²) in [5.41, 5.74) is 5.80. The number of Topliss-reactive ketones (excluding diaryl/α,β-unsaturated/α-hetero) is 1. The molecule has 0 bridgehead atoms. The van der Waals surface area contributed by atoms with Gasteiger partial charge >= 0.3 is 0 Å². The Morgan fingerprint density at radius 1 is 1.33 bits per heavy atom. The van der Waals surface area contributed by atoms with Crippen molar-refractivity contribution in [2.75, 3.05) is 20.0 Å². The van der Waals surface area contributed by atoms with Crippen LogP contribution in [0.15, 0.2) is 9.32 Å². The summed E-state index contributed by atoms with van der Waals surface area (Å²) in [6, 6.07) is 0. The molecule has 9 nitrogen and oxygen atoms in total. The van der Waals surface area contributed by atoms with E-state index in [9.17, 15) is 14.7 Å². The predicted octanol–water partition coefficient (Wildman–Crippen LogP) is 2.15. The molecule has 4 N–H and O–H groups in total. The molecule has 1 aliphatic carbocycles. The summed E-state index contributed by atoms with van der Waals surface area (Å²) in [5.74, 6) is -0.315. The molecule has 1 fully saturated rings. The maximum absolute atomic E-state index is 12.2. The molecular weight excluding hydrogens is 352 g/mol. The van der Waals surface area contributed by atoms with Gasteiger partial charge in [-0.3, -0.25) is 9.59 Å². The number of ketones is 1. The molecule has 2 heterocycles. The molecule has 148 valence electrons. The molecule has 0 amide bonds. The minimum absolute atomic E-state index is 0.0668. The number of ether oxygens (including phenoxy) is 1. The van der Waals surface area contributed by atoms with Crippen LogP contribution in [0.4, 0.5) is 5.69 Å². The summed E-state index contributed by atoms with van der Waals surface area (Å²) in [6.07, 6.45) is 4.63. The number of carbonyl (C=O) groups is 1. The van der Waals surface area contributed by atoms with E-state index in [1.165, 1.54) is 0 Å². The summed E-state index contributed by atoms with van der Waals surface area (Å²) < 4.78 is 9.65. The first-order valence-electron chi connectivity index (χ1n) is 8.94. The van der Waals surface area contributed by atoms with E-state index in [1.54, 1.807) is 14.2 Å². The molecule has 1 atom stereocenters. The largest absolute Gasteiger partial charge is 0.492 e. The molecule has 1 saturated carbocycles. The third-order valence-electron chi connectivity index (χ3n) is 4.35. The molecule has 2 aromatic heterocycles. The predicted molar refractivity (Wildman–Crippen MR) is 99.6 cm³/mol. The van der Waals surface area contributed by atoms with E-state index in [0.717, 1.165) is 31.2 Å². The number of aromatic amines is 1. The number of nitrogens with zero attached hydrogens (tertiary/aromatic N) is 2. The van der Waals surface area contributed by atoms with Gasteiger partial charge in [0.15, 0.2) is 11.5 Å². The van der Waals surface area contributed by atoms with Gasteiger partial charge in [-0.2, -0.15) is 4.98 Å². The van der Waals surface area contributed by atoms with Crippen LogP contribution in [0.5, 0.6) is 5.88 Å². The van der Waals surface area contributed by atoms with Crippen molar-refractivity contribution in [1.82, 2.24) is 15.1 Å². The van der Waals surface area contributed by atoms with Gasteiger partial charge in [-0.1, -0.05) is 24.9 Å². The Morgan fingerprint density at radius 3 is 2.63 bits per heavy atom. The molecule has 9 heteroatoms. The molecule has 0 spiro atoms. The minimum atomic E-state index is -0.647. The number of aromatic nitrogens is 3. The number of nitrogens with two attached hydrogens (primary N) is 1. The van der Waals surface area contributed by atoms with Gasteiger partial charge in [0.1, 0.15) is 5.78 Å². The topological polar surface area (TPSA) is 144 Å². The Bertz CT molecular complexity index is 843. The van der Waals surface area contributed by atoms with Crippen LogP contribution in [0.25, 0.3) is 11.6 Å². The van der Waals surface area contributed by atoms with E-state index in [-0.39, 0.29) is 29.0 Å². The number of aromatic hydroxyl groups is 1. The van der Waals surface area contributed by atoms with Crippen molar-refractivity contribution < 1.29 is 19.2 Å². The monoisotopic (exact) mass is 378 g/mol. The Balaban J connectivity index is 0.000000817. The quantitative estimate of drug-likeness (QED) is 0.734. The lowest BCUT2D eigenvalue weighted by molar-refractivity contribution is -0.122. The number of H-pyrrole nitrogens is 1. The number of hydrogen-bond acceptors (Lipinski definition) is 8. The molecule has 2 aromatic rings. The zero-order valence-electron chi connectivity index (χ0n) is 15.9. The minimum Gasteiger partial charge on any atom is -0.492 e. The van der Waals surface area contributed by atoms with Crippen LogP contribution in [0.3, 0.4) is 0 Å². The molecule has 0 aromatic carbocycles. The van der Waals surface area contributed by atoms with Crippen LogP contribution in [0.2, 0.25) is 0 Å². The zero-order chi connectivity index (χ0) is 20.0. The molecule has 0 aliphatic heterocycles. The Labute approximate surface area is 156 Å². The highest BCUT2D eigenvalue weighted by Crippen LogP contribution is 2.35. The zero-order valence-corrected chi connectivity index (χ0v) is 15.9. The summed E-state index contributed by atoms with van der Waals surface area (Å²) in [6.45, 7) is 2.00. The van der Waals surface area contributed by atoms with E-state index in [1.807, 2.05) is 6.92 Å². The highest BCUT2D eigenvalue weighted by atomic mass is 16.5. The number of hydrogen-bond donors (Lipinski definition) is 3. The van der Waals surface area contributed by atoms with Crippen molar-refractivity contribution >= 4 is 11.5 Å². The van der Waals surface area contributed by atoms with Gasteiger partial charge < -0.3 is 25.1 Å². The van der Waals surface area contributed by atoms with E-state index < -0.39 is 11.4 Å². The Hall–Kier alpha value is -2.68. The van der Waals surface area contributed by atoms with Crippen molar-refractivity contribution in [1.29, 1.82) is 0 Å². The van der Waals surface area contributed by atoms with Crippen LogP contribution < -0.4 is 11.3 Å². The van der Waals surface area contributed by atoms with Gasteiger partial charge in [0.2, 0.25) is 11.6 Å². The van der Waals surface area contributed by atoms with Crippen molar-refractivity contribution in [3.05, 3.63) is 21.6 Å². The fourth-order valence-corrected chi connectivity index (χ4v) is 3.12. The lowest BCUT2D eigenvalue weighted by Crippen LogP contribution is -2.18. The highest BCUT2D eigenvalue weighted by molar-refractivity contribution is 5.86. The van der Waals surface area contributed by atoms with Gasteiger partial charge in [0.25, 0.3) is 5.56 Å². The lowest BCUT2D eigenvalue weighted by atomic mass is 9.83. The lowest BCUT2D eigenvalue weighted by Gasteiger charge is -2.19. The summed E-state index contributed by atoms with van der Waals surface area (Å²) in [4.78, 5) is 30.4. The maximum atomic E-state index is 12.2. The third kappa shape index (κ3) is 4.54. The molecular formula is C18H26N4O5. The van der Waals surface area contributed by atoms with Crippen LogP contribution in [-0.4, -0.2) is 40.2 Å². The second kappa shape index (κ2) is 9.31.